The molecule has 0 saturated heterocycles. The van der Waals surface area contributed by atoms with E-state index in [1.165, 1.54) is 41.5 Å². The standard InChI is InChI=1S/C110H72N14Si2/c1-9-33-73(34-10-1)77-68-104(115-105(69-77)123-97-56-32-29-53-94(97)119-101-71-85(59-63-90(101)114-109(119)123)125(79-37-13-3-14-38-79,80-39-15-4-16-40-80)81-41-17-5-18-42-81)122-96-55-31-28-52-93(96)118-99-65-75(57-61-88(99)112-108(118)122)76-58-62-89-100(66-76)120-102-72-86(126(82-43-19-6-20-44-82,83-45-21-7-22-46-83)84-47-23-8-24-48-84)60-64-98(102)124(110(120)113-89)106-70-78(74-35-11-2-12-36-74)67-103(116-106)121-95-54-30-27-51-92(95)117-91-50-26-25-49-87(91)111-107(117)121/h1-72H. The molecule has 0 saturated carbocycles. The minimum absolute atomic E-state index is 0.707. The first-order valence-corrected chi connectivity index (χ1v) is 46.7. The van der Waals surface area contributed by atoms with Crippen molar-refractivity contribution in [2.75, 3.05) is 0 Å². The highest BCUT2D eigenvalue weighted by Gasteiger charge is 2.44. The second kappa shape index (κ2) is 27.9. The number of para-hydroxylation sites is 8. The Morgan fingerprint density at radius 3 is 0.738 bits per heavy atom. The average molecular weight is 1650 g/mol. The number of nitrogens with zero attached hydrogens (tertiary/aromatic N) is 14. The molecule has 0 spiro atoms. The first-order chi connectivity index (χ1) is 62.5. The van der Waals surface area contributed by atoms with Crippen LogP contribution in [-0.2, 0) is 0 Å². The van der Waals surface area contributed by atoms with Gasteiger partial charge in [-0.2, -0.15) is 0 Å². The molecule has 26 rings (SSSR count). The van der Waals surface area contributed by atoms with Crippen LogP contribution in [0.15, 0.2) is 437 Å². The lowest BCUT2D eigenvalue weighted by molar-refractivity contribution is 0.983. The number of hydrogen-bond acceptors (Lipinski definition) is 6. The van der Waals surface area contributed by atoms with E-state index in [1.54, 1.807) is 0 Å². The lowest BCUT2D eigenvalue weighted by atomic mass is 10.0. The van der Waals surface area contributed by atoms with Gasteiger partial charge in [0.25, 0.3) is 0 Å². The van der Waals surface area contributed by atoms with Gasteiger partial charge in [0, 0.05) is 0 Å². The largest absolute Gasteiger partial charge is 0.276 e. The fourth-order valence-corrected chi connectivity index (χ4v) is 30.0. The van der Waals surface area contributed by atoms with Gasteiger partial charge in [-0.25, -0.2) is 29.9 Å². The maximum absolute atomic E-state index is 5.86. The summed E-state index contributed by atoms with van der Waals surface area (Å²) >= 11 is 0. The summed E-state index contributed by atoms with van der Waals surface area (Å²) in [4.78, 5) is 34.1. The van der Waals surface area contributed by atoms with Crippen LogP contribution in [0.2, 0.25) is 0 Å². The smallest absolute Gasteiger partial charge is 0.221 e. The quantitative estimate of drug-likeness (QED) is 0.0746. The minimum Gasteiger partial charge on any atom is -0.276 e. The van der Waals surface area contributed by atoms with E-state index in [9.17, 15) is 0 Å². The van der Waals surface area contributed by atoms with E-state index in [4.69, 9.17) is 29.9 Å². The Kier molecular flexibility index (Phi) is 15.8. The second-order valence-corrected chi connectivity index (χ2v) is 40.3. The van der Waals surface area contributed by atoms with Crippen LogP contribution >= 0.6 is 0 Å². The molecular weight excluding hydrogens is 1570 g/mol. The molecule has 0 aliphatic carbocycles. The monoisotopic (exact) mass is 1640 g/mol. The molecule has 26 aromatic rings. The second-order valence-electron chi connectivity index (χ2n) is 32.7. The molecule has 10 aromatic heterocycles. The Labute approximate surface area is 723 Å². The Morgan fingerprint density at radius 1 is 0.143 bits per heavy atom. The summed E-state index contributed by atoms with van der Waals surface area (Å²) in [5.41, 5.74) is 21.5. The Hall–Kier alpha value is -16.7. The Bertz CT molecular complexity index is 8650. The number of pyridine rings is 2. The molecule has 10 heterocycles. The van der Waals surface area contributed by atoms with Crippen LogP contribution in [0.25, 0.3) is 168 Å². The average Bonchev–Trinajstić information content (AvgIpc) is 1.61. The third-order valence-electron chi connectivity index (χ3n) is 26.0. The van der Waals surface area contributed by atoms with Crippen LogP contribution in [0, 0.1) is 0 Å². The van der Waals surface area contributed by atoms with Crippen LogP contribution in [0.1, 0.15) is 0 Å². The van der Waals surface area contributed by atoms with Gasteiger partial charge in [-0.3, -0.25) is 35.9 Å². The molecule has 14 nitrogen and oxygen atoms in total. The van der Waals surface area contributed by atoms with E-state index in [2.05, 4.69) is 473 Å². The summed E-state index contributed by atoms with van der Waals surface area (Å²) in [6.45, 7) is 0. The van der Waals surface area contributed by atoms with Crippen molar-refractivity contribution in [3.63, 3.8) is 0 Å². The third kappa shape index (κ3) is 10.5. The van der Waals surface area contributed by atoms with Crippen molar-refractivity contribution < 1.29 is 0 Å². The van der Waals surface area contributed by atoms with E-state index in [0.717, 1.165) is 156 Å². The molecule has 0 amide bonds. The first kappa shape index (κ1) is 71.1. The molecule has 0 aliphatic rings. The van der Waals surface area contributed by atoms with Gasteiger partial charge < -0.3 is 0 Å². The highest BCUT2D eigenvalue weighted by atomic mass is 28.3. The molecule has 126 heavy (non-hydrogen) atoms. The summed E-state index contributed by atoms with van der Waals surface area (Å²) in [6.07, 6.45) is 0. The van der Waals surface area contributed by atoms with Gasteiger partial charge in [-0.1, -0.05) is 315 Å². The van der Waals surface area contributed by atoms with Crippen LogP contribution in [0.3, 0.4) is 0 Å². The lowest BCUT2D eigenvalue weighted by Gasteiger charge is -2.34. The predicted octanol–water partition coefficient (Wildman–Crippen LogP) is 19.2. The van der Waals surface area contributed by atoms with Gasteiger partial charge in [0.2, 0.25) is 23.1 Å². The van der Waals surface area contributed by atoms with Gasteiger partial charge >= 0.3 is 0 Å². The molecule has 0 unspecified atom stereocenters. The Morgan fingerprint density at radius 2 is 0.389 bits per heavy atom. The Balaban J connectivity index is 0.671. The van der Waals surface area contributed by atoms with E-state index < -0.39 is 16.1 Å². The number of benzene rings is 16. The van der Waals surface area contributed by atoms with Crippen molar-refractivity contribution in [1.29, 1.82) is 0 Å². The fraction of sp³-hybridized carbons (Fsp3) is 0. The lowest BCUT2D eigenvalue weighted by Crippen LogP contribution is -2.74. The highest BCUT2D eigenvalue weighted by molar-refractivity contribution is 7.20. The third-order valence-corrected chi connectivity index (χ3v) is 35.5. The van der Waals surface area contributed by atoms with Gasteiger partial charge in [-0.05, 0) is 196 Å². The maximum atomic E-state index is 5.86. The number of imidazole rings is 8. The molecule has 0 radical (unpaired) electrons. The summed E-state index contributed by atoms with van der Waals surface area (Å²) < 4.78 is 18.3. The molecule has 0 aliphatic heterocycles. The molecule has 0 atom stereocenters. The predicted molar refractivity (Wildman–Crippen MR) is 518 cm³/mol. The van der Waals surface area contributed by atoms with Crippen molar-refractivity contribution in [1.82, 2.24) is 65.8 Å². The summed E-state index contributed by atoms with van der Waals surface area (Å²) in [7, 11) is -6.05. The van der Waals surface area contributed by atoms with Crippen molar-refractivity contribution >= 4 is 169 Å². The van der Waals surface area contributed by atoms with Gasteiger partial charge in [0.15, 0.2) is 16.1 Å². The van der Waals surface area contributed by atoms with Crippen LogP contribution in [0.4, 0.5) is 0 Å². The fourth-order valence-electron chi connectivity index (χ4n) is 20.5. The first-order valence-electron chi connectivity index (χ1n) is 42.7. The molecule has 16 aromatic carbocycles. The van der Waals surface area contributed by atoms with Crippen LogP contribution < -0.4 is 41.5 Å². The summed E-state index contributed by atoms with van der Waals surface area (Å²) in [5, 5.41) is 10.3. The highest BCUT2D eigenvalue weighted by Crippen LogP contribution is 2.40. The van der Waals surface area contributed by atoms with Gasteiger partial charge in [0.05, 0.1) is 88.3 Å². The number of aromatic nitrogens is 14. The molecule has 0 N–H and O–H groups in total. The van der Waals surface area contributed by atoms with Crippen LogP contribution in [-0.4, -0.2) is 81.9 Å². The zero-order valence-electron chi connectivity index (χ0n) is 67.8. The van der Waals surface area contributed by atoms with E-state index in [-0.39, 0.29) is 0 Å². The van der Waals surface area contributed by atoms with E-state index in [1.807, 2.05) is 0 Å². The SMILES string of the molecule is c1ccc(-c2cc(-n3c4ccccc4n4c5cc(-c6ccc7nc8n(-c9cc(-c%10ccccc%10)cc(-n%10c%11ccccc%11n%11c%12ccccc%12nc%10%11)n9)c9ccc([Si](c%10ccccc%10)(c%10ccccc%10)c%10ccccc%10)cc9n8c7c6)ccc5nc34)nc(-n3c4ccccc4n4c5cc([Si](c6ccccc6)(c6ccccc6)c6ccccc6)ccc5nc34)c2)cc1. The van der Waals surface area contributed by atoms with Crippen molar-refractivity contribution in [2.24, 2.45) is 0 Å². The maximum Gasteiger partial charge on any atom is 0.221 e. The molecule has 0 bridgehead atoms. The van der Waals surface area contributed by atoms with Gasteiger partial charge in [-0.15, -0.1) is 0 Å². The zero-order valence-corrected chi connectivity index (χ0v) is 69.8. The number of rotatable bonds is 15. The number of fused-ring (bicyclic) bond motifs is 20. The zero-order chi connectivity index (χ0) is 82.7. The molecular formula is C110H72N14Si2. The summed E-state index contributed by atoms with van der Waals surface area (Å²) in [5.74, 6) is 5.85. The molecule has 0 fully saturated rings. The van der Waals surface area contributed by atoms with E-state index >= 15 is 0 Å². The summed E-state index contributed by atoms with van der Waals surface area (Å²) in [6, 6.07) is 159. The van der Waals surface area contributed by atoms with Crippen molar-refractivity contribution in [3.8, 4) is 56.7 Å². The van der Waals surface area contributed by atoms with Crippen molar-refractivity contribution in [3.05, 3.63) is 437 Å². The van der Waals surface area contributed by atoms with Gasteiger partial charge in [0.1, 0.15) is 23.3 Å². The molecule has 590 valence electrons. The number of hydrogen-bond donors (Lipinski definition) is 0. The van der Waals surface area contributed by atoms with Crippen molar-refractivity contribution in [2.45, 2.75) is 0 Å². The molecule has 16 heteroatoms. The topological polar surface area (TPSA) is 115 Å². The minimum atomic E-state index is -3.11. The van der Waals surface area contributed by atoms with Crippen LogP contribution in [0.5, 0.6) is 0 Å². The van der Waals surface area contributed by atoms with E-state index in [0.29, 0.717) is 11.6 Å². The normalized spacial score (nSPS) is 12.3.